The van der Waals surface area contributed by atoms with Gasteiger partial charge >= 0.3 is 0 Å². The van der Waals surface area contributed by atoms with E-state index >= 15 is 0 Å². The van der Waals surface area contributed by atoms with E-state index in [0.29, 0.717) is 5.92 Å². The molecule has 0 heterocycles. The predicted octanol–water partition coefficient (Wildman–Crippen LogP) is 4.43. The summed E-state index contributed by atoms with van der Waals surface area (Å²) in [6, 6.07) is 6.17. The van der Waals surface area contributed by atoms with E-state index in [9.17, 15) is 0 Å². The van der Waals surface area contributed by atoms with Gasteiger partial charge in [-0.25, -0.2) is 0 Å². The van der Waals surface area contributed by atoms with Gasteiger partial charge in [0.05, 0.1) is 6.10 Å². The lowest BCUT2D eigenvalue weighted by molar-refractivity contribution is 0.193. The second-order valence-corrected chi connectivity index (χ2v) is 5.66. The van der Waals surface area contributed by atoms with Crippen molar-refractivity contribution in [1.29, 1.82) is 0 Å². The number of benzene rings is 1. The van der Waals surface area contributed by atoms with Gasteiger partial charge < -0.3 is 10.1 Å². The number of halogens is 1. The Bertz CT molecular complexity index is 379. The van der Waals surface area contributed by atoms with Gasteiger partial charge in [0.1, 0.15) is 5.75 Å². The van der Waals surface area contributed by atoms with Gasteiger partial charge in [0.25, 0.3) is 0 Å². The van der Waals surface area contributed by atoms with Gasteiger partial charge in [0, 0.05) is 11.1 Å². The second kappa shape index (κ2) is 7.01. The molecule has 0 aliphatic rings. The molecular formula is C15H24ClNO. The maximum absolute atomic E-state index is 6.27. The lowest BCUT2D eigenvalue weighted by Crippen LogP contribution is -2.15. The fourth-order valence-corrected chi connectivity index (χ4v) is 2.37. The molecule has 0 aromatic heterocycles. The number of rotatable bonds is 6. The first-order valence-corrected chi connectivity index (χ1v) is 6.95. The molecule has 0 saturated heterocycles. The van der Waals surface area contributed by atoms with E-state index in [4.69, 9.17) is 16.3 Å². The molecule has 0 aliphatic carbocycles. The molecular weight excluding hydrogens is 246 g/mol. The van der Waals surface area contributed by atoms with Crippen molar-refractivity contribution in [2.24, 2.45) is 5.92 Å². The summed E-state index contributed by atoms with van der Waals surface area (Å²) in [5.41, 5.74) is 1.10. The summed E-state index contributed by atoms with van der Waals surface area (Å²) in [7, 11) is 1.93. The summed E-state index contributed by atoms with van der Waals surface area (Å²) in [4.78, 5) is 0. The molecule has 0 saturated carbocycles. The van der Waals surface area contributed by atoms with Crippen molar-refractivity contribution < 1.29 is 4.74 Å². The van der Waals surface area contributed by atoms with Gasteiger partial charge in [-0.2, -0.15) is 0 Å². The quantitative estimate of drug-likeness (QED) is 0.825. The normalized spacial score (nSPS) is 14.6. The maximum Gasteiger partial charge on any atom is 0.121 e. The van der Waals surface area contributed by atoms with E-state index in [1.165, 1.54) is 0 Å². The predicted molar refractivity (Wildman–Crippen MR) is 78.5 cm³/mol. The molecule has 0 aliphatic heterocycles. The monoisotopic (exact) mass is 269 g/mol. The summed E-state index contributed by atoms with van der Waals surface area (Å²) >= 11 is 6.27. The van der Waals surface area contributed by atoms with Crippen LogP contribution in [0.15, 0.2) is 18.2 Å². The fraction of sp³-hybridized carbons (Fsp3) is 0.600. The van der Waals surface area contributed by atoms with E-state index in [2.05, 4.69) is 33.0 Å². The highest BCUT2D eigenvalue weighted by Gasteiger charge is 2.11. The summed E-state index contributed by atoms with van der Waals surface area (Å²) < 4.78 is 5.87. The van der Waals surface area contributed by atoms with Crippen molar-refractivity contribution in [1.82, 2.24) is 5.32 Å². The minimum absolute atomic E-state index is 0.216. The topological polar surface area (TPSA) is 21.3 Å². The second-order valence-electron chi connectivity index (χ2n) is 5.25. The van der Waals surface area contributed by atoms with Gasteiger partial charge in [0.15, 0.2) is 0 Å². The first-order chi connectivity index (χ1) is 8.43. The zero-order valence-electron chi connectivity index (χ0n) is 12.0. The number of ether oxygens (including phenoxy) is 1. The van der Waals surface area contributed by atoms with Crippen molar-refractivity contribution in [3.63, 3.8) is 0 Å². The largest absolute Gasteiger partial charge is 0.491 e. The van der Waals surface area contributed by atoms with E-state index in [1.54, 1.807) is 0 Å². The molecule has 2 nitrogen and oxygen atoms in total. The molecule has 1 rings (SSSR count). The molecule has 1 N–H and O–H groups in total. The van der Waals surface area contributed by atoms with Crippen LogP contribution in [0.4, 0.5) is 0 Å². The van der Waals surface area contributed by atoms with Gasteiger partial charge in [-0.1, -0.05) is 31.5 Å². The third-order valence-corrected chi connectivity index (χ3v) is 3.34. The molecule has 18 heavy (non-hydrogen) atoms. The van der Waals surface area contributed by atoms with Gasteiger partial charge in [-0.15, -0.1) is 0 Å². The van der Waals surface area contributed by atoms with Crippen LogP contribution in [0.5, 0.6) is 5.75 Å². The molecule has 0 fully saturated rings. The Morgan fingerprint density at radius 2 is 1.89 bits per heavy atom. The molecule has 2 unspecified atom stereocenters. The maximum atomic E-state index is 6.27. The summed E-state index contributed by atoms with van der Waals surface area (Å²) in [6.07, 6.45) is 1.26. The van der Waals surface area contributed by atoms with E-state index in [0.717, 1.165) is 22.8 Å². The zero-order chi connectivity index (χ0) is 13.7. The molecule has 2 atom stereocenters. The summed E-state index contributed by atoms with van der Waals surface area (Å²) in [5.74, 6) is 1.49. The van der Waals surface area contributed by atoms with E-state index < -0.39 is 0 Å². The summed E-state index contributed by atoms with van der Waals surface area (Å²) in [5, 5.41) is 3.94. The first-order valence-electron chi connectivity index (χ1n) is 6.57. The van der Waals surface area contributed by atoms with Crippen LogP contribution in [0.1, 0.15) is 45.7 Å². The molecule has 3 heteroatoms. The van der Waals surface area contributed by atoms with Crippen LogP contribution < -0.4 is 10.1 Å². The van der Waals surface area contributed by atoms with Gasteiger partial charge in [-0.3, -0.25) is 0 Å². The average molecular weight is 270 g/mol. The van der Waals surface area contributed by atoms with E-state index in [-0.39, 0.29) is 12.1 Å². The van der Waals surface area contributed by atoms with Crippen LogP contribution in [-0.4, -0.2) is 13.2 Å². The Morgan fingerprint density at radius 1 is 1.22 bits per heavy atom. The summed E-state index contributed by atoms with van der Waals surface area (Å²) in [6.45, 7) is 8.58. The van der Waals surface area contributed by atoms with Gasteiger partial charge in [-0.05, 0) is 50.9 Å². The Morgan fingerprint density at radius 3 is 2.39 bits per heavy atom. The van der Waals surface area contributed by atoms with Crippen LogP contribution in [0.2, 0.25) is 5.02 Å². The molecule has 0 bridgehead atoms. The standard InChI is InChI=1S/C15H24ClNO/c1-10(2)8-11(3)18-13-6-7-14(12(4)17-5)15(16)9-13/h6-7,9-12,17H,8H2,1-5H3. The molecule has 1 aromatic rings. The van der Waals surface area contributed by atoms with Crippen molar-refractivity contribution in [2.45, 2.75) is 46.3 Å². The van der Waals surface area contributed by atoms with Crippen LogP contribution in [0.25, 0.3) is 0 Å². The highest BCUT2D eigenvalue weighted by molar-refractivity contribution is 6.31. The zero-order valence-corrected chi connectivity index (χ0v) is 12.7. The molecule has 102 valence electrons. The smallest absolute Gasteiger partial charge is 0.121 e. The number of nitrogens with one attached hydrogen (secondary N) is 1. The van der Waals surface area contributed by atoms with E-state index in [1.807, 2.05) is 25.2 Å². The third-order valence-electron chi connectivity index (χ3n) is 3.01. The van der Waals surface area contributed by atoms with Crippen LogP contribution in [0.3, 0.4) is 0 Å². The number of hydrogen-bond donors (Lipinski definition) is 1. The molecule has 0 spiro atoms. The van der Waals surface area contributed by atoms with Crippen molar-refractivity contribution in [2.75, 3.05) is 7.05 Å². The van der Waals surface area contributed by atoms with Crippen LogP contribution in [0, 0.1) is 5.92 Å². The van der Waals surface area contributed by atoms with Crippen molar-refractivity contribution in [3.8, 4) is 5.75 Å². The number of hydrogen-bond acceptors (Lipinski definition) is 2. The van der Waals surface area contributed by atoms with Gasteiger partial charge in [0.2, 0.25) is 0 Å². The fourth-order valence-electron chi connectivity index (χ4n) is 2.03. The third kappa shape index (κ3) is 4.51. The average Bonchev–Trinajstić information content (AvgIpc) is 2.27. The van der Waals surface area contributed by atoms with Crippen LogP contribution >= 0.6 is 11.6 Å². The lowest BCUT2D eigenvalue weighted by Gasteiger charge is -2.18. The van der Waals surface area contributed by atoms with Crippen molar-refractivity contribution >= 4 is 11.6 Å². The Kier molecular flexibility index (Phi) is 5.97. The Labute approximate surface area is 116 Å². The molecule has 0 radical (unpaired) electrons. The van der Waals surface area contributed by atoms with Crippen molar-refractivity contribution in [3.05, 3.63) is 28.8 Å². The SMILES string of the molecule is CNC(C)c1ccc(OC(C)CC(C)C)cc1Cl. The lowest BCUT2D eigenvalue weighted by atomic mass is 10.1. The molecule has 0 amide bonds. The minimum Gasteiger partial charge on any atom is -0.491 e. The Balaban J connectivity index is 2.72. The minimum atomic E-state index is 0.216. The first kappa shape index (κ1) is 15.3. The van der Waals surface area contributed by atoms with Crippen LogP contribution in [-0.2, 0) is 0 Å². The Hall–Kier alpha value is -0.730. The highest BCUT2D eigenvalue weighted by atomic mass is 35.5. The highest BCUT2D eigenvalue weighted by Crippen LogP contribution is 2.28. The molecule has 1 aromatic carbocycles.